The first-order valence-corrected chi connectivity index (χ1v) is 8.88. The highest BCUT2D eigenvalue weighted by Gasteiger charge is 2.39. The summed E-state index contributed by atoms with van der Waals surface area (Å²) in [4.78, 5) is 0. The zero-order valence-electron chi connectivity index (χ0n) is 14.8. The summed E-state index contributed by atoms with van der Waals surface area (Å²) in [5, 5.41) is 6.42. The van der Waals surface area contributed by atoms with Gasteiger partial charge in [-0.3, -0.25) is 0 Å². The lowest BCUT2D eigenvalue weighted by atomic mass is 9.92. The van der Waals surface area contributed by atoms with E-state index in [9.17, 15) is 26.3 Å². The Hall–Kier alpha value is -2.33. The molecular weight excluding hydrogens is 418 g/mol. The van der Waals surface area contributed by atoms with Crippen LogP contribution in [0.15, 0.2) is 48.5 Å². The minimum atomic E-state index is -4.90. The predicted molar refractivity (Wildman–Crippen MR) is 98.0 cm³/mol. The smallest absolute Gasteiger partial charge is 0.374 e. The molecule has 2 N–H and O–H groups in total. The summed E-state index contributed by atoms with van der Waals surface area (Å²) < 4.78 is 83.5. The van der Waals surface area contributed by atoms with Crippen LogP contribution in [-0.2, 0) is 29.2 Å². The second kappa shape index (κ2) is 7.83. The first-order chi connectivity index (χ1) is 13.5. The predicted octanol–water partition coefficient (Wildman–Crippen LogP) is 4.61. The highest BCUT2D eigenvalue weighted by Crippen LogP contribution is 2.36. The summed E-state index contributed by atoms with van der Waals surface area (Å²) in [6.07, 6.45) is -9.80. The number of benzene rings is 2. The fourth-order valence-corrected chi connectivity index (χ4v) is 3.35. The standard InChI is InChI=1S/C19H16F6N2OS/c20-18(21,22)14-6-12(7-15(8-14)19(23,24)25)9-28-11-17(10-26-16(29)27-17)13-4-2-1-3-5-13/h1-8H,9-11H2,(H2,26,27,29). The average Bonchev–Trinajstić information content (AvgIpc) is 3.03. The van der Waals surface area contributed by atoms with Gasteiger partial charge < -0.3 is 15.4 Å². The third-order valence-corrected chi connectivity index (χ3v) is 4.74. The van der Waals surface area contributed by atoms with E-state index in [0.29, 0.717) is 23.8 Å². The Balaban J connectivity index is 1.81. The Labute approximate surface area is 168 Å². The van der Waals surface area contributed by atoms with E-state index in [0.717, 1.165) is 5.56 Å². The molecule has 10 heteroatoms. The van der Waals surface area contributed by atoms with Crippen LogP contribution in [0.5, 0.6) is 0 Å². The maximum Gasteiger partial charge on any atom is 0.416 e. The molecule has 3 rings (SSSR count). The topological polar surface area (TPSA) is 33.3 Å². The monoisotopic (exact) mass is 434 g/mol. The van der Waals surface area contributed by atoms with Crippen LogP contribution in [-0.4, -0.2) is 18.3 Å². The largest absolute Gasteiger partial charge is 0.416 e. The number of alkyl halides is 6. The fourth-order valence-electron chi connectivity index (χ4n) is 3.08. The quantitative estimate of drug-likeness (QED) is 0.532. The molecule has 0 aliphatic carbocycles. The molecule has 1 unspecified atom stereocenters. The van der Waals surface area contributed by atoms with Crippen LogP contribution in [0, 0.1) is 0 Å². The molecule has 2 aromatic rings. The third-order valence-electron chi connectivity index (χ3n) is 4.49. The average molecular weight is 434 g/mol. The van der Waals surface area contributed by atoms with E-state index < -0.39 is 35.6 Å². The molecule has 0 spiro atoms. The van der Waals surface area contributed by atoms with Gasteiger partial charge in [-0.1, -0.05) is 30.3 Å². The van der Waals surface area contributed by atoms with Gasteiger partial charge in [-0.25, -0.2) is 0 Å². The zero-order chi connectivity index (χ0) is 21.3. The zero-order valence-corrected chi connectivity index (χ0v) is 15.6. The van der Waals surface area contributed by atoms with Crippen LogP contribution in [0.2, 0.25) is 0 Å². The van der Waals surface area contributed by atoms with E-state index in [-0.39, 0.29) is 18.2 Å². The van der Waals surface area contributed by atoms with Crippen LogP contribution < -0.4 is 10.6 Å². The van der Waals surface area contributed by atoms with Crippen molar-refractivity contribution in [2.24, 2.45) is 0 Å². The number of rotatable bonds is 5. The van der Waals surface area contributed by atoms with Gasteiger partial charge in [0.15, 0.2) is 5.11 Å². The van der Waals surface area contributed by atoms with E-state index in [1.165, 1.54) is 0 Å². The molecule has 156 valence electrons. The van der Waals surface area contributed by atoms with Gasteiger partial charge in [0, 0.05) is 6.54 Å². The first kappa shape index (κ1) is 21.4. The molecule has 1 aliphatic heterocycles. The van der Waals surface area contributed by atoms with Gasteiger partial charge in [-0.15, -0.1) is 0 Å². The van der Waals surface area contributed by atoms with Crippen LogP contribution in [0.4, 0.5) is 26.3 Å². The second-order valence-corrected chi connectivity index (χ2v) is 7.07. The molecule has 3 nitrogen and oxygen atoms in total. The van der Waals surface area contributed by atoms with Crippen molar-refractivity contribution >= 4 is 17.3 Å². The molecule has 1 aliphatic rings. The molecule has 0 aromatic heterocycles. The normalized spacial score (nSPS) is 19.7. The van der Waals surface area contributed by atoms with Crippen molar-refractivity contribution in [1.29, 1.82) is 0 Å². The highest BCUT2D eigenvalue weighted by atomic mass is 32.1. The lowest BCUT2D eigenvalue weighted by Crippen LogP contribution is -2.44. The van der Waals surface area contributed by atoms with Crippen molar-refractivity contribution in [1.82, 2.24) is 10.6 Å². The number of halogens is 6. The maximum absolute atomic E-state index is 13.0. The van der Waals surface area contributed by atoms with Crippen molar-refractivity contribution in [2.45, 2.75) is 24.5 Å². The van der Waals surface area contributed by atoms with Gasteiger partial charge in [-0.05, 0) is 41.5 Å². The number of hydrogen-bond acceptors (Lipinski definition) is 2. The molecule has 1 atom stereocenters. The maximum atomic E-state index is 13.0. The molecule has 1 fully saturated rings. The van der Waals surface area contributed by atoms with E-state index in [4.69, 9.17) is 17.0 Å². The Morgan fingerprint density at radius 2 is 1.52 bits per heavy atom. The molecule has 1 heterocycles. The lowest BCUT2D eigenvalue weighted by molar-refractivity contribution is -0.143. The summed E-state index contributed by atoms with van der Waals surface area (Å²) >= 11 is 5.10. The minimum Gasteiger partial charge on any atom is -0.374 e. The Morgan fingerprint density at radius 1 is 0.931 bits per heavy atom. The Bertz CT molecular complexity index is 852. The first-order valence-electron chi connectivity index (χ1n) is 8.47. The van der Waals surface area contributed by atoms with Crippen LogP contribution in [0.3, 0.4) is 0 Å². The summed E-state index contributed by atoms with van der Waals surface area (Å²) in [6.45, 7) is -0.0655. The third kappa shape index (κ3) is 4.99. The highest BCUT2D eigenvalue weighted by molar-refractivity contribution is 7.80. The van der Waals surface area contributed by atoms with Crippen LogP contribution in [0.25, 0.3) is 0 Å². The molecule has 0 bridgehead atoms. The number of thiocarbonyl (C=S) groups is 1. The van der Waals surface area contributed by atoms with Gasteiger partial charge >= 0.3 is 12.4 Å². The van der Waals surface area contributed by atoms with Gasteiger partial charge in [0.25, 0.3) is 0 Å². The van der Waals surface area contributed by atoms with Gasteiger partial charge in [0.2, 0.25) is 0 Å². The fraction of sp³-hybridized carbons (Fsp3) is 0.316. The van der Waals surface area contributed by atoms with Crippen molar-refractivity contribution in [3.63, 3.8) is 0 Å². The molecule has 0 amide bonds. The van der Waals surface area contributed by atoms with Gasteiger partial charge in [0.05, 0.1) is 24.3 Å². The molecule has 0 saturated carbocycles. The van der Waals surface area contributed by atoms with E-state index in [1.54, 1.807) is 0 Å². The molecule has 0 radical (unpaired) electrons. The summed E-state index contributed by atoms with van der Waals surface area (Å²) in [7, 11) is 0. The number of hydrogen-bond donors (Lipinski definition) is 2. The van der Waals surface area contributed by atoms with Crippen molar-refractivity contribution in [3.05, 3.63) is 70.8 Å². The van der Waals surface area contributed by atoms with Crippen molar-refractivity contribution < 1.29 is 31.1 Å². The number of nitrogens with one attached hydrogen (secondary N) is 2. The Kier molecular flexibility index (Phi) is 5.77. The van der Waals surface area contributed by atoms with E-state index in [2.05, 4.69) is 10.6 Å². The van der Waals surface area contributed by atoms with Gasteiger partial charge in [-0.2, -0.15) is 26.3 Å². The molecule has 29 heavy (non-hydrogen) atoms. The van der Waals surface area contributed by atoms with Gasteiger partial charge in [0.1, 0.15) is 5.54 Å². The molecular formula is C19H16F6N2OS. The number of ether oxygens (including phenoxy) is 1. The van der Waals surface area contributed by atoms with Crippen molar-refractivity contribution in [3.8, 4) is 0 Å². The molecule has 1 saturated heterocycles. The minimum absolute atomic E-state index is 0.0122. The van der Waals surface area contributed by atoms with E-state index in [1.807, 2.05) is 30.3 Å². The summed E-state index contributed by atoms with van der Waals surface area (Å²) in [6, 6.07) is 10.5. The Morgan fingerprint density at radius 3 is 2.00 bits per heavy atom. The lowest BCUT2D eigenvalue weighted by Gasteiger charge is -2.29. The van der Waals surface area contributed by atoms with Crippen molar-refractivity contribution in [2.75, 3.05) is 13.2 Å². The summed E-state index contributed by atoms with van der Waals surface area (Å²) in [5.41, 5.74) is -2.90. The van der Waals surface area contributed by atoms with Crippen LogP contribution >= 0.6 is 12.2 Å². The van der Waals surface area contributed by atoms with E-state index >= 15 is 0 Å². The second-order valence-electron chi connectivity index (χ2n) is 6.66. The molecule has 2 aromatic carbocycles. The van der Waals surface area contributed by atoms with Crippen LogP contribution in [0.1, 0.15) is 22.3 Å². The summed E-state index contributed by atoms with van der Waals surface area (Å²) in [5.74, 6) is 0. The SMILES string of the molecule is FC(F)(F)c1cc(COCC2(c3ccccc3)CNC(=S)N2)cc(C(F)(F)F)c1.